The Hall–Kier alpha value is -0.950. The average Bonchev–Trinajstić information content (AvgIpc) is 2.38. The maximum Gasteiger partial charge on any atom is 0.333 e. The number of carbonyl (C=O) groups is 1. The molecule has 6 heteroatoms. The lowest BCUT2D eigenvalue weighted by Crippen LogP contribution is -2.18. The maximum atomic E-state index is 11.0. The fourth-order valence-electron chi connectivity index (χ4n) is 1.19. The van der Waals surface area contributed by atoms with Crippen molar-refractivity contribution in [3.63, 3.8) is 0 Å². The molecule has 0 spiro atoms. The first-order chi connectivity index (χ1) is 9.07. The van der Waals surface area contributed by atoms with Crippen LogP contribution in [0, 0.1) is 0 Å². The zero-order valence-corrected chi connectivity index (χ0v) is 11.5. The zero-order valence-electron chi connectivity index (χ0n) is 11.5. The summed E-state index contributed by atoms with van der Waals surface area (Å²) in [5.41, 5.74) is 0.367. The second-order valence-corrected chi connectivity index (χ2v) is 4.12. The Bertz CT molecular complexity index is 254. The molecule has 19 heavy (non-hydrogen) atoms. The van der Waals surface area contributed by atoms with Crippen molar-refractivity contribution in [3.8, 4) is 0 Å². The van der Waals surface area contributed by atoms with Crippen LogP contribution in [0.2, 0.25) is 0 Å². The van der Waals surface area contributed by atoms with E-state index in [0.717, 1.165) is 0 Å². The molecular formula is C13H24O6. The first kappa shape index (κ1) is 18.0. The summed E-state index contributed by atoms with van der Waals surface area (Å²) in [5.74, 6) is -0.410. The van der Waals surface area contributed by atoms with Crippen LogP contribution >= 0.6 is 0 Å². The maximum absolute atomic E-state index is 11.0. The van der Waals surface area contributed by atoms with E-state index in [0.29, 0.717) is 38.2 Å². The van der Waals surface area contributed by atoms with E-state index in [1.165, 1.54) is 0 Å². The molecule has 0 heterocycles. The largest absolute Gasteiger partial charge is 0.462 e. The molecule has 0 fully saturated rings. The lowest BCUT2D eigenvalue weighted by atomic mass is 10.2. The number of esters is 1. The Labute approximate surface area is 114 Å². The van der Waals surface area contributed by atoms with Crippen molar-refractivity contribution in [3.05, 3.63) is 12.2 Å². The topological polar surface area (TPSA) is 85.2 Å². The van der Waals surface area contributed by atoms with Gasteiger partial charge in [0, 0.05) is 5.57 Å². The molecule has 0 bridgehead atoms. The van der Waals surface area contributed by atoms with Crippen LogP contribution in [-0.2, 0) is 19.0 Å². The lowest BCUT2D eigenvalue weighted by Gasteiger charge is -2.11. The molecule has 0 saturated heterocycles. The lowest BCUT2D eigenvalue weighted by molar-refractivity contribution is -0.139. The summed E-state index contributed by atoms with van der Waals surface area (Å²) in [5, 5.41) is 18.0. The SMILES string of the molecule is C=C(C)C(=O)OCCCC(O)COCCOCCO. The molecule has 1 atom stereocenters. The minimum atomic E-state index is -0.582. The van der Waals surface area contributed by atoms with Gasteiger partial charge in [-0.1, -0.05) is 6.58 Å². The molecule has 0 rings (SSSR count). The standard InChI is InChI=1S/C13H24O6/c1-11(2)13(16)19-6-3-4-12(15)10-18-9-8-17-7-5-14/h12,14-15H,1,3-10H2,2H3. The van der Waals surface area contributed by atoms with Crippen molar-refractivity contribution in [2.75, 3.05) is 39.6 Å². The number of aliphatic hydroxyl groups excluding tert-OH is 2. The number of ether oxygens (including phenoxy) is 3. The van der Waals surface area contributed by atoms with Gasteiger partial charge in [0.2, 0.25) is 0 Å². The van der Waals surface area contributed by atoms with Gasteiger partial charge in [0.05, 0.1) is 45.7 Å². The summed E-state index contributed by atoms with van der Waals surface area (Å²) < 4.78 is 15.1. The summed E-state index contributed by atoms with van der Waals surface area (Å²) in [7, 11) is 0. The molecule has 0 radical (unpaired) electrons. The van der Waals surface area contributed by atoms with Gasteiger partial charge in [-0.25, -0.2) is 4.79 Å². The van der Waals surface area contributed by atoms with Crippen molar-refractivity contribution < 1.29 is 29.2 Å². The molecule has 0 aliphatic carbocycles. The molecule has 0 aromatic carbocycles. The van der Waals surface area contributed by atoms with Gasteiger partial charge in [-0.05, 0) is 19.8 Å². The molecule has 0 saturated carbocycles. The van der Waals surface area contributed by atoms with Crippen LogP contribution in [0.25, 0.3) is 0 Å². The Morgan fingerprint density at radius 1 is 1.21 bits per heavy atom. The number of aliphatic hydroxyl groups is 2. The predicted octanol–water partition coefficient (Wildman–Crippen LogP) is 0.272. The van der Waals surface area contributed by atoms with E-state index in [1.807, 2.05) is 0 Å². The quantitative estimate of drug-likeness (QED) is 0.302. The van der Waals surface area contributed by atoms with Crippen LogP contribution in [0.4, 0.5) is 0 Å². The minimum Gasteiger partial charge on any atom is -0.462 e. The molecule has 0 aliphatic heterocycles. The summed E-state index contributed by atoms with van der Waals surface area (Å²) in [6.45, 7) is 6.59. The van der Waals surface area contributed by atoms with Crippen LogP contribution in [0.3, 0.4) is 0 Å². The van der Waals surface area contributed by atoms with Crippen molar-refractivity contribution in [2.24, 2.45) is 0 Å². The normalized spacial score (nSPS) is 12.2. The highest BCUT2D eigenvalue weighted by molar-refractivity contribution is 5.86. The fourth-order valence-corrected chi connectivity index (χ4v) is 1.19. The number of carbonyl (C=O) groups excluding carboxylic acids is 1. The average molecular weight is 276 g/mol. The summed E-state index contributed by atoms with van der Waals surface area (Å²) in [6, 6.07) is 0. The minimum absolute atomic E-state index is 0.00840. The van der Waals surface area contributed by atoms with Crippen LogP contribution in [-0.4, -0.2) is 61.9 Å². The van der Waals surface area contributed by atoms with Gasteiger partial charge in [-0.3, -0.25) is 0 Å². The molecule has 0 amide bonds. The van der Waals surface area contributed by atoms with E-state index in [2.05, 4.69) is 6.58 Å². The Balaban J connectivity index is 3.32. The zero-order chi connectivity index (χ0) is 14.5. The highest BCUT2D eigenvalue weighted by Gasteiger charge is 2.06. The Kier molecular flexibility index (Phi) is 11.5. The van der Waals surface area contributed by atoms with Gasteiger partial charge < -0.3 is 24.4 Å². The van der Waals surface area contributed by atoms with Crippen LogP contribution in [0.1, 0.15) is 19.8 Å². The number of hydrogen-bond acceptors (Lipinski definition) is 6. The van der Waals surface area contributed by atoms with Crippen molar-refractivity contribution in [2.45, 2.75) is 25.9 Å². The summed E-state index contributed by atoms with van der Waals surface area (Å²) in [4.78, 5) is 11.0. The smallest absolute Gasteiger partial charge is 0.333 e. The van der Waals surface area contributed by atoms with Gasteiger partial charge >= 0.3 is 5.97 Å². The summed E-state index contributed by atoms with van der Waals surface area (Å²) >= 11 is 0. The van der Waals surface area contributed by atoms with Gasteiger partial charge in [-0.15, -0.1) is 0 Å². The summed E-state index contributed by atoms with van der Waals surface area (Å²) in [6.07, 6.45) is 0.493. The van der Waals surface area contributed by atoms with Crippen molar-refractivity contribution in [1.82, 2.24) is 0 Å². The van der Waals surface area contributed by atoms with Gasteiger partial charge in [0.1, 0.15) is 0 Å². The van der Waals surface area contributed by atoms with Crippen LogP contribution < -0.4 is 0 Å². The van der Waals surface area contributed by atoms with E-state index in [-0.39, 0.29) is 19.8 Å². The number of hydrogen-bond donors (Lipinski definition) is 2. The molecule has 1 unspecified atom stereocenters. The van der Waals surface area contributed by atoms with Crippen LogP contribution in [0.15, 0.2) is 12.2 Å². The van der Waals surface area contributed by atoms with E-state index in [9.17, 15) is 9.90 Å². The van der Waals surface area contributed by atoms with Crippen LogP contribution in [0.5, 0.6) is 0 Å². The van der Waals surface area contributed by atoms with Crippen molar-refractivity contribution >= 4 is 5.97 Å². The second kappa shape index (κ2) is 12.1. The first-order valence-corrected chi connectivity index (χ1v) is 6.35. The third kappa shape index (κ3) is 11.9. The Morgan fingerprint density at radius 2 is 1.89 bits per heavy atom. The molecule has 0 aromatic heterocycles. The van der Waals surface area contributed by atoms with E-state index in [1.54, 1.807) is 6.92 Å². The molecule has 0 aromatic rings. The predicted molar refractivity (Wildman–Crippen MR) is 69.7 cm³/mol. The van der Waals surface area contributed by atoms with E-state index >= 15 is 0 Å². The number of rotatable bonds is 12. The molecule has 112 valence electrons. The molecule has 6 nitrogen and oxygen atoms in total. The van der Waals surface area contributed by atoms with E-state index in [4.69, 9.17) is 19.3 Å². The van der Waals surface area contributed by atoms with Gasteiger partial charge in [-0.2, -0.15) is 0 Å². The Morgan fingerprint density at radius 3 is 2.53 bits per heavy atom. The van der Waals surface area contributed by atoms with Gasteiger partial charge in [0.25, 0.3) is 0 Å². The highest BCUT2D eigenvalue weighted by Crippen LogP contribution is 2.00. The highest BCUT2D eigenvalue weighted by atomic mass is 16.5. The van der Waals surface area contributed by atoms with Gasteiger partial charge in [0.15, 0.2) is 0 Å². The molecule has 0 aliphatic rings. The van der Waals surface area contributed by atoms with E-state index < -0.39 is 12.1 Å². The monoisotopic (exact) mass is 276 g/mol. The first-order valence-electron chi connectivity index (χ1n) is 6.35. The second-order valence-electron chi connectivity index (χ2n) is 4.12. The van der Waals surface area contributed by atoms with Crippen molar-refractivity contribution in [1.29, 1.82) is 0 Å². The molecule has 2 N–H and O–H groups in total. The third-order valence-electron chi connectivity index (χ3n) is 2.18. The fraction of sp³-hybridized carbons (Fsp3) is 0.769. The molecular weight excluding hydrogens is 252 g/mol. The third-order valence-corrected chi connectivity index (χ3v) is 2.18.